The Morgan fingerprint density at radius 3 is 2.27 bits per heavy atom. The monoisotopic (exact) mass is 311 g/mol. The summed E-state index contributed by atoms with van der Waals surface area (Å²) in [5.41, 5.74) is 5.53. The molecule has 0 heterocycles. The van der Waals surface area contributed by atoms with Crippen molar-refractivity contribution < 1.29 is 22.6 Å². The molecule has 2 N–H and O–H groups in total. The first kappa shape index (κ1) is 16.0. The van der Waals surface area contributed by atoms with Gasteiger partial charge in [0.05, 0.1) is 7.11 Å². The molecule has 2 rings (SSSR count). The molecule has 0 saturated carbocycles. The summed E-state index contributed by atoms with van der Waals surface area (Å²) >= 11 is 0. The minimum absolute atomic E-state index is 0.0213. The molecule has 0 bridgehead atoms. The van der Waals surface area contributed by atoms with Gasteiger partial charge in [0.25, 0.3) is 0 Å². The first-order valence-corrected chi connectivity index (χ1v) is 6.66. The fourth-order valence-corrected chi connectivity index (χ4v) is 1.99. The van der Waals surface area contributed by atoms with Crippen LogP contribution >= 0.6 is 0 Å². The highest BCUT2D eigenvalue weighted by Crippen LogP contribution is 2.41. The number of nitrogen functional groups attached to an aromatic ring is 1. The van der Waals surface area contributed by atoms with E-state index < -0.39 is 11.7 Å². The number of ether oxygens (including phenoxy) is 2. The van der Waals surface area contributed by atoms with E-state index in [1.54, 1.807) is 18.2 Å². The molecular formula is C16H16F3NO2. The van der Waals surface area contributed by atoms with Crippen LogP contribution in [0.3, 0.4) is 0 Å². The second kappa shape index (κ2) is 6.17. The van der Waals surface area contributed by atoms with Crippen LogP contribution in [-0.2, 0) is 12.6 Å². The smallest absolute Gasteiger partial charge is 0.420 e. The van der Waals surface area contributed by atoms with Crippen molar-refractivity contribution in [1.29, 1.82) is 0 Å². The van der Waals surface area contributed by atoms with E-state index in [4.69, 9.17) is 15.2 Å². The van der Waals surface area contributed by atoms with Crippen molar-refractivity contribution in [1.82, 2.24) is 0 Å². The zero-order chi connectivity index (χ0) is 16.3. The van der Waals surface area contributed by atoms with Crippen molar-refractivity contribution in [2.24, 2.45) is 0 Å². The summed E-state index contributed by atoms with van der Waals surface area (Å²) in [4.78, 5) is 0. The molecule has 6 heteroatoms. The first-order chi connectivity index (χ1) is 10.3. The molecular weight excluding hydrogens is 295 g/mol. The number of nitrogens with two attached hydrogens (primary N) is 1. The Kier molecular flexibility index (Phi) is 4.49. The maximum Gasteiger partial charge on any atom is 0.420 e. The molecule has 22 heavy (non-hydrogen) atoms. The van der Waals surface area contributed by atoms with E-state index in [1.165, 1.54) is 19.2 Å². The maximum absolute atomic E-state index is 13.1. The standard InChI is InChI=1S/C16H16F3NO2/c1-3-10-4-6-14(15(8-10)21-2)22-13-7-5-11(20)9-12(13)16(17,18)19/h4-9H,3,20H2,1-2H3. The molecule has 0 spiro atoms. The molecule has 2 aromatic rings. The van der Waals surface area contributed by atoms with Crippen LogP contribution in [0.1, 0.15) is 18.1 Å². The molecule has 0 aromatic heterocycles. The highest BCUT2D eigenvalue weighted by molar-refractivity contribution is 5.52. The quantitative estimate of drug-likeness (QED) is 0.836. The van der Waals surface area contributed by atoms with Crippen LogP contribution in [0.25, 0.3) is 0 Å². The number of hydrogen-bond acceptors (Lipinski definition) is 3. The molecule has 118 valence electrons. The zero-order valence-electron chi connectivity index (χ0n) is 12.2. The molecule has 2 aromatic carbocycles. The van der Waals surface area contributed by atoms with E-state index in [2.05, 4.69) is 0 Å². The summed E-state index contributed by atoms with van der Waals surface area (Å²) in [6.07, 6.45) is -3.77. The van der Waals surface area contributed by atoms with Gasteiger partial charge in [0.2, 0.25) is 0 Å². The lowest BCUT2D eigenvalue weighted by atomic mass is 10.1. The van der Waals surface area contributed by atoms with Gasteiger partial charge in [-0.3, -0.25) is 0 Å². The van der Waals surface area contributed by atoms with Crippen molar-refractivity contribution in [3.05, 3.63) is 47.5 Å². The summed E-state index contributed by atoms with van der Waals surface area (Å²) in [5.74, 6) is 0.281. The molecule has 0 atom stereocenters. The normalized spacial score (nSPS) is 11.3. The average Bonchev–Trinajstić information content (AvgIpc) is 2.48. The Bertz CT molecular complexity index is 669. The Labute approximate surface area is 126 Å². The van der Waals surface area contributed by atoms with E-state index in [0.29, 0.717) is 5.75 Å². The molecule has 0 amide bonds. The number of aryl methyl sites for hydroxylation is 1. The van der Waals surface area contributed by atoms with E-state index in [-0.39, 0.29) is 17.2 Å². The minimum Gasteiger partial charge on any atom is -0.493 e. The lowest BCUT2D eigenvalue weighted by Crippen LogP contribution is -2.08. The third kappa shape index (κ3) is 3.44. The zero-order valence-corrected chi connectivity index (χ0v) is 12.2. The van der Waals surface area contributed by atoms with Gasteiger partial charge in [-0.25, -0.2) is 0 Å². The van der Waals surface area contributed by atoms with Gasteiger partial charge in [0.15, 0.2) is 11.5 Å². The number of alkyl halides is 3. The molecule has 0 unspecified atom stereocenters. The minimum atomic E-state index is -4.55. The van der Waals surface area contributed by atoms with Crippen molar-refractivity contribution in [2.75, 3.05) is 12.8 Å². The highest BCUT2D eigenvalue weighted by Gasteiger charge is 2.35. The lowest BCUT2D eigenvalue weighted by Gasteiger charge is -2.16. The molecule has 0 aliphatic heterocycles. The van der Waals surface area contributed by atoms with Gasteiger partial charge in [0.1, 0.15) is 11.3 Å². The predicted molar refractivity (Wildman–Crippen MR) is 78.3 cm³/mol. The number of benzene rings is 2. The van der Waals surface area contributed by atoms with Gasteiger partial charge in [0, 0.05) is 5.69 Å². The van der Waals surface area contributed by atoms with E-state index >= 15 is 0 Å². The topological polar surface area (TPSA) is 44.5 Å². The van der Waals surface area contributed by atoms with Crippen molar-refractivity contribution in [3.8, 4) is 17.2 Å². The predicted octanol–water partition coefficient (Wildman–Crippen LogP) is 4.65. The molecule has 0 saturated heterocycles. The Morgan fingerprint density at radius 2 is 1.68 bits per heavy atom. The number of anilines is 1. The van der Waals surface area contributed by atoms with Crippen LogP contribution in [-0.4, -0.2) is 7.11 Å². The molecule has 0 aliphatic rings. The Balaban J connectivity index is 2.43. The highest BCUT2D eigenvalue weighted by atomic mass is 19.4. The molecule has 0 aliphatic carbocycles. The van der Waals surface area contributed by atoms with Gasteiger partial charge in [-0.05, 0) is 42.3 Å². The van der Waals surface area contributed by atoms with Crippen molar-refractivity contribution >= 4 is 5.69 Å². The number of hydrogen-bond donors (Lipinski definition) is 1. The van der Waals surface area contributed by atoms with Crippen LogP contribution in [0.15, 0.2) is 36.4 Å². The number of methoxy groups -OCH3 is 1. The fourth-order valence-electron chi connectivity index (χ4n) is 1.99. The van der Waals surface area contributed by atoms with Crippen molar-refractivity contribution in [3.63, 3.8) is 0 Å². The van der Waals surface area contributed by atoms with E-state index in [9.17, 15) is 13.2 Å². The molecule has 0 fully saturated rings. The number of rotatable bonds is 4. The van der Waals surface area contributed by atoms with Gasteiger partial charge in [-0.2, -0.15) is 13.2 Å². The Hall–Kier alpha value is -2.37. The van der Waals surface area contributed by atoms with Gasteiger partial charge >= 0.3 is 6.18 Å². The molecule has 0 radical (unpaired) electrons. The average molecular weight is 311 g/mol. The molecule has 3 nitrogen and oxygen atoms in total. The largest absolute Gasteiger partial charge is 0.493 e. The van der Waals surface area contributed by atoms with Gasteiger partial charge in [-0.15, -0.1) is 0 Å². The Morgan fingerprint density at radius 1 is 1.00 bits per heavy atom. The third-order valence-corrected chi connectivity index (χ3v) is 3.17. The van der Waals surface area contributed by atoms with Gasteiger partial charge in [-0.1, -0.05) is 13.0 Å². The first-order valence-electron chi connectivity index (χ1n) is 6.66. The second-order valence-corrected chi connectivity index (χ2v) is 4.69. The summed E-state index contributed by atoms with van der Waals surface area (Å²) in [6.45, 7) is 1.97. The van der Waals surface area contributed by atoms with Crippen LogP contribution in [0, 0.1) is 0 Å². The SMILES string of the molecule is CCc1ccc(Oc2ccc(N)cc2C(F)(F)F)c(OC)c1. The van der Waals surface area contributed by atoms with Crippen LogP contribution in [0.5, 0.6) is 17.2 Å². The fraction of sp³-hybridized carbons (Fsp3) is 0.250. The number of halogens is 3. The summed E-state index contributed by atoms with van der Waals surface area (Å²) in [6, 6.07) is 8.52. The summed E-state index contributed by atoms with van der Waals surface area (Å²) in [7, 11) is 1.44. The lowest BCUT2D eigenvalue weighted by molar-refractivity contribution is -0.138. The summed E-state index contributed by atoms with van der Waals surface area (Å²) in [5, 5.41) is 0. The van der Waals surface area contributed by atoms with Crippen LogP contribution < -0.4 is 15.2 Å². The maximum atomic E-state index is 13.1. The van der Waals surface area contributed by atoms with E-state index in [0.717, 1.165) is 18.1 Å². The van der Waals surface area contributed by atoms with Crippen molar-refractivity contribution in [2.45, 2.75) is 19.5 Å². The third-order valence-electron chi connectivity index (χ3n) is 3.17. The van der Waals surface area contributed by atoms with E-state index in [1.807, 2.05) is 6.92 Å². The van der Waals surface area contributed by atoms with Crippen LogP contribution in [0.2, 0.25) is 0 Å². The van der Waals surface area contributed by atoms with Gasteiger partial charge < -0.3 is 15.2 Å². The second-order valence-electron chi connectivity index (χ2n) is 4.69. The van der Waals surface area contributed by atoms with Crippen LogP contribution in [0.4, 0.5) is 18.9 Å². The summed E-state index contributed by atoms with van der Waals surface area (Å²) < 4.78 is 49.8.